The summed E-state index contributed by atoms with van der Waals surface area (Å²) in [5, 5.41) is 4.04. The standard InChI is InChI=1S/C13H7Cl4NO/c14-7-4-8(15)6-9(5-7)18-13(19)10-2-1-3-11(16)12(10)17/h1-6H,(H,18,19). The lowest BCUT2D eigenvalue weighted by molar-refractivity contribution is 0.102. The summed E-state index contributed by atoms with van der Waals surface area (Å²) in [6, 6.07) is 9.58. The maximum atomic E-state index is 12.1. The maximum absolute atomic E-state index is 12.1. The molecule has 0 aliphatic rings. The lowest BCUT2D eigenvalue weighted by Crippen LogP contribution is -2.12. The SMILES string of the molecule is O=C(Nc1cc(Cl)cc(Cl)c1)c1cccc(Cl)c1Cl. The Kier molecular flexibility index (Phi) is 4.58. The van der Waals surface area contributed by atoms with Gasteiger partial charge in [0.05, 0.1) is 15.6 Å². The summed E-state index contributed by atoms with van der Waals surface area (Å²) in [7, 11) is 0. The van der Waals surface area contributed by atoms with Crippen molar-refractivity contribution in [2.24, 2.45) is 0 Å². The Balaban J connectivity index is 2.28. The number of amides is 1. The van der Waals surface area contributed by atoms with Gasteiger partial charge in [-0.3, -0.25) is 4.79 Å². The van der Waals surface area contributed by atoms with Crippen molar-refractivity contribution in [2.75, 3.05) is 5.32 Å². The van der Waals surface area contributed by atoms with Gasteiger partial charge in [-0.15, -0.1) is 0 Å². The largest absolute Gasteiger partial charge is 0.322 e. The van der Waals surface area contributed by atoms with Gasteiger partial charge >= 0.3 is 0 Å². The Morgan fingerprint density at radius 3 is 2.21 bits per heavy atom. The molecular formula is C13H7Cl4NO. The third-order valence-corrected chi connectivity index (χ3v) is 3.57. The van der Waals surface area contributed by atoms with Crippen LogP contribution in [0.25, 0.3) is 0 Å². The molecule has 0 aromatic heterocycles. The number of anilines is 1. The Hall–Kier alpha value is -0.930. The first-order valence-electron chi connectivity index (χ1n) is 5.19. The molecule has 0 heterocycles. The minimum absolute atomic E-state index is 0.204. The molecular weight excluding hydrogens is 328 g/mol. The first-order valence-corrected chi connectivity index (χ1v) is 6.70. The molecule has 0 fully saturated rings. The minimum Gasteiger partial charge on any atom is -0.322 e. The highest BCUT2D eigenvalue weighted by atomic mass is 35.5. The number of benzene rings is 2. The van der Waals surface area contributed by atoms with Crippen LogP contribution in [0, 0.1) is 0 Å². The molecule has 0 bridgehead atoms. The van der Waals surface area contributed by atoms with Gasteiger partial charge in [0.25, 0.3) is 5.91 Å². The highest BCUT2D eigenvalue weighted by molar-refractivity contribution is 6.44. The smallest absolute Gasteiger partial charge is 0.257 e. The number of hydrogen-bond donors (Lipinski definition) is 1. The topological polar surface area (TPSA) is 29.1 Å². The predicted molar refractivity (Wildman–Crippen MR) is 80.9 cm³/mol. The molecule has 0 radical (unpaired) electrons. The first-order chi connectivity index (χ1) is 8.97. The molecule has 1 N–H and O–H groups in total. The molecule has 2 rings (SSSR count). The molecule has 19 heavy (non-hydrogen) atoms. The molecule has 98 valence electrons. The van der Waals surface area contributed by atoms with Crippen LogP contribution in [0.15, 0.2) is 36.4 Å². The van der Waals surface area contributed by atoms with E-state index in [9.17, 15) is 4.79 Å². The Morgan fingerprint density at radius 2 is 1.58 bits per heavy atom. The van der Waals surface area contributed by atoms with Gasteiger partial charge < -0.3 is 5.32 Å². The van der Waals surface area contributed by atoms with Gasteiger partial charge in [0.2, 0.25) is 0 Å². The molecule has 0 aliphatic heterocycles. The minimum atomic E-state index is -0.383. The Morgan fingerprint density at radius 1 is 0.947 bits per heavy atom. The van der Waals surface area contributed by atoms with Crippen LogP contribution < -0.4 is 5.32 Å². The molecule has 2 aromatic rings. The van der Waals surface area contributed by atoms with Crippen molar-refractivity contribution >= 4 is 58.0 Å². The number of nitrogens with one attached hydrogen (secondary N) is 1. The first kappa shape index (κ1) is 14.5. The van der Waals surface area contributed by atoms with Crippen molar-refractivity contribution in [2.45, 2.75) is 0 Å². The summed E-state index contributed by atoms with van der Waals surface area (Å²) in [5.41, 5.74) is 0.767. The fourth-order valence-electron chi connectivity index (χ4n) is 1.50. The molecule has 0 aliphatic carbocycles. The van der Waals surface area contributed by atoms with Crippen LogP contribution in [0.1, 0.15) is 10.4 Å². The van der Waals surface area contributed by atoms with Crippen LogP contribution in [0.4, 0.5) is 5.69 Å². The van der Waals surface area contributed by atoms with Crippen molar-refractivity contribution < 1.29 is 4.79 Å². The van der Waals surface area contributed by atoms with E-state index in [1.165, 1.54) is 0 Å². The number of hydrogen-bond acceptors (Lipinski definition) is 1. The monoisotopic (exact) mass is 333 g/mol. The summed E-state index contributed by atoms with van der Waals surface area (Å²) in [6.07, 6.45) is 0. The van der Waals surface area contributed by atoms with Gasteiger partial charge in [0, 0.05) is 15.7 Å². The summed E-state index contributed by atoms with van der Waals surface area (Å²) < 4.78 is 0. The van der Waals surface area contributed by atoms with Crippen LogP contribution in [0.2, 0.25) is 20.1 Å². The average Bonchev–Trinajstić information content (AvgIpc) is 2.31. The van der Waals surface area contributed by atoms with E-state index in [-0.39, 0.29) is 16.5 Å². The summed E-state index contributed by atoms with van der Waals surface area (Å²) in [6.45, 7) is 0. The molecule has 1 amide bonds. The third-order valence-electron chi connectivity index (χ3n) is 2.32. The van der Waals surface area contributed by atoms with E-state index in [1.54, 1.807) is 36.4 Å². The molecule has 2 aromatic carbocycles. The average molecular weight is 335 g/mol. The Bertz CT molecular complexity index is 622. The fraction of sp³-hybridized carbons (Fsp3) is 0. The van der Waals surface area contributed by atoms with Gasteiger partial charge in [0.15, 0.2) is 0 Å². The number of rotatable bonds is 2. The van der Waals surface area contributed by atoms with E-state index in [1.807, 2.05) is 0 Å². The molecule has 0 saturated heterocycles. The quantitative estimate of drug-likeness (QED) is 0.766. The number of carbonyl (C=O) groups is 1. The molecule has 6 heteroatoms. The molecule has 0 spiro atoms. The van der Waals surface area contributed by atoms with E-state index in [4.69, 9.17) is 46.4 Å². The van der Waals surface area contributed by atoms with Crippen molar-refractivity contribution in [3.05, 3.63) is 62.1 Å². The van der Waals surface area contributed by atoms with E-state index in [0.717, 1.165) is 0 Å². The second kappa shape index (κ2) is 6.02. The highest BCUT2D eigenvalue weighted by Crippen LogP contribution is 2.27. The van der Waals surface area contributed by atoms with Gasteiger partial charge in [-0.25, -0.2) is 0 Å². The van der Waals surface area contributed by atoms with Crippen LogP contribution >= 0.6 is 46.4 Å². The normalized spacial score (nSPS) is 10.3. The lowest BCUT2D eigenvalue weighted by atomic mass is 10.2. The van der Waals surface area contributed by atoms with Gasteiger partial charge in [0.1, 0.15) is 0 Å². The second-order valence-electron chi connectivity index (χ2n) is 3.71. The van der Waals surface area contributed by atoms with Crippen molar-refractivity contribution in [3.63, 3.8) is 0 Å². The fourth-order valence-corrected chi connectivity index (χ4v) is 2.42. The van der Waals surface area contributed by atoms with Crippen molar-refractivity contribution in [3.8, 4) is 0 Å². The van der Waals surface area contributed by atoms with Crippen LogP contribution in [-0.2, 0) is 0 Å². The molecule has 0 saturated carbocycles. The van der Waals surface area contributed by atoms with E-state index in [2.05, 4.69) is 5.32 Å². The molecule has 0 atom stereocenters. The lowest BCUT2D eigenvalue weighted by Gasteiger charge is -2.08. The van der Waals surface area contributed by atoms with Crippen molar-refractivity contribution in [1.29, 1.82) is 0 Å². The highest BCUT2D eigenvalue weighted by Gasteiger charge is 2.13. The zero-order chi connectivity index (χ0) is 14.0. The van der Waals surface area contributed by atoms with Gasteiger partial charge in [-0.05, 0) is 30.3 Å². The summed E-state index contributed by atoms with van der Waals surface area (Å²) in [5.74, 6) is -0.383. The summed E-state index contributed by atoms with van der Waals surface area (Å²) in [4.78, 5) is 12.1. The van der Waals surface area contributed by atoms with Gasteiger partial charge in [-0.1, -0.05) is 52.5 Å². The summed E-state index contributed by atoms with van der Waals surface area (Å²) >= 11 is 23.5. The van der Waals surface area contributed by atoms with Crippen LogP contribution in [0.3, 0.4) is 0 Å². The predicted octanol–water partition coefficient (Wildman–Crippen LogP) is 5.55. The van der Waals surface area contributed by atoms with Crippen LogP contribution in [0.5, 0.6) is 0 Å². The van der Waals surface area contributed by atoms with Gasteiger partial charge in [-0.2, -0.15) is 0 Å². The van der Waals surface area contributed by atoms with E-state index in [0.29, 0.717) is 20.8 Å². The number of halogens is 4. The Labute approximate surface area is 130 Å². The zero-order valence-electron chi connectivity index (χ0n) is 9.38. The maximum Gasteiger partial charge on any atom is 0.257 e. The van der Waals surface area contributed by atoms with Crippen LogP contribution in [-0.4, -0.2) is 5.91 Å². The molecule has 2 nitrogen and oxygen atoms in total. The van der Waals surface area contributed by atoms with E-state index >= 15 is 0 Å². The third kappa shape index (κ3) is 3.54. The van der Waals surface area contributed by atoms with E-state index < -0.39 is 0 Å². The van der Waals surface area contributed by atoms with Crippen molar-refractivity contribution in [1.82, 2.24) is 0 Å². The number of carbonyl (C=O) groups excluding carboxylic acids is 1. The second-order valence-corrected chi connectivity index (χ2v) is 5.37. The zero-order valence-corrected chi connectivity index (χ0v) is 12.4. The molecule has 0 unspecified atom stereocenters.